The summed E-state index contributed by atoms with van der Waals surface area (Å²) in [6.07, 6.45) is 1.03. The van der Waals surface area contributed by atoms with Gasteiger partial charge < -0.3 is 14.8 Å². The number of aromatic nitrogens is 1. The predicted molar refractivity (Wildman–Crippen MR) is 93.3 cm³/mol. The van der Waals surface area contributed by atoms with Crippen LogP contribution < -0.4 is 5.32 Å². The molecule has 3 rings (SSSR count). The molecule has 4 heteroatoms. The minimum absolute atomic E-state index is 0.116. The number of amides is 1. The number of carbonyl (C=O) groups excluding carboxylic acids is 1. The highest BCUT2D eigenvalue weighted by atomic mass is 16.2. The van der Waals surface area contributed by atoms with Crippen LogP contribution in [0.3, 0.4) is 0 Å². The molecule has 4 nitrogen and oxygen atoms in total. The van der Waals surface area contributed by atoms with Crippen molar-refractivity contribution in [1.82, 2.24) is 14.8 Å². The molecule has 23 heavy (non-hydrogen) atoms. The van der Waals surface area contributed by atoms with E-state index in [1.807, 2.05) is 24.9 Å². The molecule has 1 aliphatic rings. The Morgan fingerprint density at radius 3 is 2.70 bits per heavy atom. The first-order valence-corrected chi connectivity index (χ1v) is 8.23. The molecular weight excluding hydrogens is 286 g/mol. The number of hydrogen-bond acceptors (Lipinski definition) is 2. The average Bonchev–Trinajstić information content (AvgIpc) is 3.14. The Morgan fingerprint density at radius 1 is 1.26 bits per heavy atom. The molecule has 1 unspecified atom stereocenters. The molecule has 1 aromatic heterocycles. The molecule has 1 amide bonds. The van der Waals surface area contributed by atoms with E-state index in [0.717, 1.165) is 42.1 Å². The van der Waals surface area contributed by atoms with E-state index < -0.39 is 0 Å². The van der Waals surface area contributed by atoms with Gasteiger partial charge in [0.2, 0.25) is 0 Å². The van der Waals surface area contributed by atoms with Gasteiger partial charge in [-0.3, -0.25) is 4.79 Å². The quantitative estimate of drug-likeness (QED) is 0.946. The maximum Gasteiger partial charge on any atom is 0.255 e. The Kier molecular flexibility index (Phi) is 4.26. The SMILES string of the molecule is Cc1cccc(-n2c(C)cc(C(=O)N(C)C3CCNC3)c2C)c1. The second-order valence-electron chi connectivity index (χ2n) is 6.52. The summed E-state index contributed by atoms with van der Waals surface area (Å²) in [6, 6.07) is 10.7. The van der Waals surface area contributed by atoms with Gasteiger partial charge >= 0.3 is 0 Å². The van der Waals surface area contributed by atoms with Gasteiger partial charge in [-0.05, 0) is 57.5 Å². The number of hydrogen-bond donors (Lipinski definition) is 1. The maximum atomic E-state index is 12.9. The fraction of sp³-hybridized carbons (Fsp3) is 0.421. The van der Waals surface area contributed by atoms with Crippen LogP contribution in [0.4, 0.5) is 0 Å². The molecule has 0 bridgehead atoms. The summed E-state index contributed by atoms with van der Waals surface area (Å²) in [5, 5.41) is 3.32. The lowest BCUT2D eigenvalue weighted by Crippen LogP contribution is -2.38. The van der Waals surface area contributed by atoms with Crippen LogP contribution in [0.2, 0.25) is 0 Å². The molecule has 1 fully saturated rings. The Labute approximate surface area is 138 Å². The third-order valence-corrected chi connectivity index (χ3v) is 4.82. The van der Waals surface area contributed by atoms with Crippen LogP contribution in [0.25, 0.3) is 5.69 Å². The smallest absolute Gasteiger partial charge is 0.255 e. The monoisotopic (exact) mass is 311 g/mol. The lowest BCUT2D eigenvalue weighted by Gasteiger charge is -2.23. The van der Waals surface area contributed by atoms with Crippen molar-refractivity contribution in [2.45, 2.75) is 33.2 Å². The molecule has 0 spiro atoms. The molecule has 2 heterocycles. The molecule has 1 aromatic carbocycles. The predicted octanol–water partition coefficient (Wildman–Crippen LogP) is 2.84. The van der Waals surface area contributed by atoms with Gasteiger partial charge in [-0.25, -0.2) is 0 Å². The largest absolute Gasteiger partial charge is 0.337 e. The summed E-state index contributed by atoms with van der Waals surface area (Å²) in [4.78, 5) is 14.8. The lowest BCUT2D eigenvalue weighted by molar-refractivity contribution is 0.0743. The van der Waals surface area contributed by atoms with E-state index in [2.05, 4.69) is 48.0 Å². The molecule has 1 saturated heterocycles. The summed E-state index contributed by atoms with van der Waals surface area (Å²) < 4.78 is 2.17. The Balaban J connectivity index is 1.95. The third kappa shape index (κ3) is 2.91. The van der Waals surface area contributed by atoms with Gasteiger partial charge in [-0.15, -0.1) is 0 Å². The van der Waals surface area contributed by atoms with Crippen LogP contribution in [0, 0.1) is 20.8 Å². The van der Waals surface area contributed by atoms with Crippen molar-refractivity contribution in [1.29, 1.82) is 0 Å². The third-order valence-electron chi connectivity index (χ3n) is 4.82. The van der Waals surface area contributed by atoms with E-state index in [4.69, 9.17) is 0 Å². The van der Waals surface area contributed by atoms with Crippen LogP contribution in [0.1, 0.15) is 33.7 Å². The van der Waals surface area contributed by atoms with Gasteiger partial charge in [0.1, 0.15) is 0 Å². The van der Waals surface area contributed by atoms with Crippen molar-refractivity contribution in [3.63, 3.8) is 0 Å². The minimum Gasteiger partial charge on any atom is -0.337 e. The zero-order valence-corrected chi connectivity index (χ0v) is 14.4. The van der Waals surface area contributed by atoms with E-state index in [-0.39, 0.29) is 5.91 Å². The molecule has 1 N–H and O–H groups in total. The first kappa shape index (κ1) is 15.8. The molecule has 122 valence electrons. The molecule has 0 saturated carbocycles. The van der Waals surface area contributed by atoms with E-state index in [1.54, 1.807) is 0 Å². The lowest BCUT2D eigenvalue weighted by atomic mass is 10.1. The van der Waals surface area contributed by atoms with Gasteiger partial charge in [0.25, 0.3) is 5.91 Å². The standard InChI is InChI=1S/C19H25N3O/c1-13-6-5-7-16(10-13)22-14(2)11-18(15(22)3)19(23)21(4)17-8-9-20-12-17/h5-7,10-11,17,20H,8-9,12H2,1-4H3. The van der Waals surface area contributed by atoms with E-state index in [9.17, 15) is 4.79 Å². The number of nitrogens with one attached hydrogen (secondary N) is 1. The van der Waals surface area contributed by atoms with E-state index in [0.29, 0.717) is 6.04 Å². The normalized spacial score (nSPS) is 17.5. The van der Waals surface area contributed by atoms with Crippen molar-refractivity contribution in [3.05, 3.63) is 52.8 Å². The number of carbonyl (C=O) groups is 1. The summed E-state index contributed by atoms with van der Waals surface area (Å²) >= 11 is 0. The van der Waals surface area contributed by atoms with Crippen LogP contribution in [0.5, 0.6) is 0 Å². The number of nitrogens with zero attached hydrogens (tertiary/aromatic N) is 2. The maximum absolute atomic E-state index is 12.9. The summed E-state index contributed by atoms with van der Waals surface area (Å²) in [5.41, 5.74) is 5.24. The summed E-state index contributed by atoms with van der Waals surface area (Å²) in [6.45, 7) is 8.06. The zero-order valence-electron chi connectivity index (χ0n) is 14.4. The summed E-state index contributed by atoms with van der Waals surface area (Å²) in [7, 11) is 1.92. The van der Waals surface area contributed by atoms with Crippen molar-refractivity contribution >= 4 is 5.91 Å². The highest BCUT2D eigenvalue weighted by Crippen LogP contribution is 2.23. The number of likely N-dealkylation sites (N-methyl/N-ethyl adjacent to an activating group) is 1. The van der Waals surface area contributed by atoms with E-state index >= 15 is 0 Å². The molecular formula is C19H25N3O. The topological polar surface area (TPSA) is 37.3 Å². The van der Waals surface area contributed by atoms with Crippen molar-refractivity contribution in [2.24, 2.45) is 0 Å². The minimum atomic E-state index is 0.116. The van der Waals surface area contributed by atoms with Crippen LogP contribution in [-0.2, 0) is 0 Å². The van der Waals surface area contributed by atoms with Gasteiger partial charge in [0, 0.05) is 36.7 Å². The highest BCUT2D eigenvalue weighted by Gasteiger charge is 2.26. The zero-order chi connectivity index (χ0) is 16.6. The van der Waals surface area contributed by atoms with E-state index in [1.165, 1.54) is 5.56 Å². The van der Waals surface area contributed by atoms with Gasteiger partial charge in [0.15, 0.2) is 0 Å². The second kappa shape index (κ2) is 6.20. The van der Waals surface area contributed by atoms with Crippen LogP contribution >= 0.6 is 0 Å². The molecule has 2 aromatic rings. The van der Waals surface area contributed by atoms with Gasteiger partial charge in [-0.2, -0.15) is 0 Å². The van der Waals surface area contributed by atoms with Crippen molar-refractivity contribution in [2.75, 3.05) is 20.1 Å². The Hall–Kier alpha value is -2.07. The molecule has 0 aliphatic carbocycles. The van der Waals surface area contributed by atoms with Crippen LogP contribution in [-0.4, -0.2) is 41.6 Å². The number of benzene rings is 1. The molecule has 1 atom stereocenters. The molecule has 0 radical (unpaired) electrons. The number of aryl methyl sites for hydroxylation is 2. The van der Waals surface area contributed by atoms with Crippen LogP contribution in [0.15, 0.2) is 30.3 Å². The van der Waals surface area contributed by atoms with Gasteiger partial charge in [0.05, 0.1) is 5.56 Å². The summed E-state index contributed by atoms with van der Waals surface area (Å²) in [5.74, 6) is 0.116. The Morgan fingerprint density at radius 2 is 2.04 bits per heavy atom. The highest BCUT2D eigenvalue weighted by molar-refractivity contribution is 5.96. The fourth-order valence-electron chi connectivity index (χ4n) is 3.47. The fourth-order valence-corrected chi connectivity index (χ4v) is 3.47. The molecule has 1 aliphatic heterocycles. The number of rotatable bonds is 3. The first-order valence-electron chi connectivity index (χ1n) is 8.23. The van der Waals surface area contributed by atoms with Gasteiger partial charge in [-0.1, -0.05) is 12.1 Å². The first-order chi connectivity index (χ1) is 11.0. The average molecular weight is 311 g/mol. The Bertz CT molecular complexity index is 726. The van der Waals surface area contributed by atoms with Crippen molar-refractivity contribution in [3.8, 4) is 5.69 Å². The second-order valence-corrected chi connectivity index (χ2v) is 6.52. The van der Waals surface area contributed by atoms with Crippen molar-refractivity contribution < 1.29 is 4.79 Å².